The summed E-state index contributed by atoms with van der Waals surface area (Å²) in [5, 5.41) is 0. The molecule has 0 aromatic heterocycles. The average Bonchev–Trinajstić information content (AvgIpc) is 3.57. The molecule has 0 radical (unpaired) electrons. The molecule has 2 fully saturated rings. The standard InChI is InChI=1S/C29H46IN/c1-10-14-31-28(24(8)30)13-12-25-17-26(25)21(5)16-19(3)15-20(4)22(6)18-29(9)23(7)27(29)11-2/h11,14-15,18,20-21,24-28H,2,7,10,12-13,16-17H2,1,3-6,8-9H3/b19-15-,22-18+,31-14?/t20?,21?,24-,25?,26?,27?,28?,29?/m0/s1. The van der Waals surface area contributed by atoms with E-state index in [1.807, 2.05) is 6.08 Å². The number of hydrogen-bond acceptors (Lipinski definition) is 1. The van der Waals surface area contributed by atoms with E-state index in [9.17, 15) is 0 Å². The molecule has 0 heterocycles. The Balaban J connectivity index is 1.82. The topological polar surface area (TPSA) is 12.4 Å². The molecule has 0 aromatic rings. The second kappa shape index (κ2) is 11.5. The summed E-state index contributed by atoms with van der Waals surface area (Å²) >= 11 is 2.54. The normalized spacial score (nSPS) is 32.6. The summed E-state index contributed by atoms with van der Waals surface area (Å²) in [6.07, 6.45) is 15.4. The maximum Gasteiger partial charge on any atom is 0.0610 e. The number of hydrogen-bond donors (Lipinski definition) is 0. The van der Waals surface area contributed by atoms with Crippen LogP contribution in [-0.4, -0.2) is 16.2 Å². The monoisotopic (exact) mass is 535 g/mol. The quantitative estimate of drug-likeness (QED) is 0.0966. The van der Waals surface area contributed by atoms with Gasteiger partial charge in [0, 0.05) is 15.3 Å². The van der Waals surface area contributed by atoms with Gasteiger partial charge in [-0.15, -0.1) is 6.58 Å². The average molecular weight is 536 g/mol. The molecule has 1 nitrogen and oxygen atoms in total. The van der Waals surface area contributed by atoms with E-state index in [1.165, 1.54) is 36.8 Å². The molecule has 2 heteroatoms. The Labute approximate surface area is 206 Å². The number of rotatable bonds is 13. The molecule has 0 aliphatic heterocycles. The first kappa shape index (κ1) is 26.6. The first-order valence-corrected chi connectivity index (χ1v) is 13.6. The van der Waals surface area contributed by atoms with Crippen molar-refractivity contribution in [1.29, 1.82) is 0 Å². The molecule has 0 spiro atoms. The van der Waals surface area contributed by atoms with Crippen LogP contribution in [0.25, 0.3) is 0 Å². The van der Waals surface area contributed by atoms with Crippen molar-refractivity contribution < 1.29 is 0 Å². The predicted octanol–water partition coefficient (Wildman–Crippen LogP) is 9.01. The van der Waals surface area contributed by atoms with Crippen molar-refractivity contribution in [2.75, 3.05) is 0 Å². The van der Waals surface area contributed by atoms with Crippen LogP contribution in [0.5, 0.6) is 0 Å². The summed E-state index contributed by atoms with van der Waals surface area (Å²) in [6, 6.07) is 0.499. The smallest absolute Gasteiger partial charge is 0.0610 e. The van der Waals surface area contributed by atoms with Crippen molar-refractivity contribution in [3.05, 3.63) is 48.1 Å². The van der Waals surface area contributed by atoms with Gasteiger partial charge in [-0.1, -0.05) is 98.7 Å². The van der Waals surface area contributed by atoms with Gasteiger partial charge in [0.05, 0.1) is 6.04 Å². The van der Waals surface area contributed by atoms with Crippen LogP contribution < -0.4 is 0 Å². The lowest BCUT2D eigenvalue weighted by Gasteiger charge is -2.17. The van der Waals surface area contributed by atoms with Gasteiger partial charge >= 0.3 is 0 Å². The summed E-state index contributed by atoms with van der Waals surface area (Å²) in [6.45, 7) is 24.4. The number of aliphatic imine (C=N–C) groups is 1. The van der Waals surface area contributed by atoms with E-state index in [2.05, 4.69) is 103 Å². The Kier molecular flexibility index (Phi) is 9.85. The fourth-order valence-electron chi connectivity index (χ4n) is 5.37. The Morgan fingerprint density at radius 3 is 2.52 bits per heavy atom. The summed E-state index contributed by atoms with van der Waals surface area (Å²) in [7, 11) is 0. The first-order chi connectivity index (χ1) is 14.5. The lowest BCUT2D eigenvalue weighted by Crippen LogP contribution is -2.16. The van der Waals surface area contributed by atoms with E-state index < -0.39 is 0 Å². The largest absolute Gasteiger partial charge is 0.293 e. The molecular formula is C29H46IN. The van der Waals surface area contributed by atoms with Gasteiger partial charge in [0.1, 0.15) is 0 Å². The van der Waals surface area contributed by atoms with Crippen LogP contribution in [-0.2, 0) is 0 Å². The maximum absolute atomic E-state index is 4.80. The highest BCUT2D eigenvalue weighted by Crippen LogP contribution is 2.59. The van der Waals surface area contributed by atoms with E-state index in [4.69, 9.17) is 4.99 Å². The molecular weight excluding hydrogens is 489 g/mol. The van der Waals surface area contributed by atoms with Crippen LogP contribution in [0.3, 0.4) is 0 Å². The second-order valence-corrected chi connectivity index (χ2v) is 12.6. The van der Waals surface area contributed by atoms with E-state index in [-0.39, 0.29) is 5.41 Å². The van der Waals surface area contributed by atoms with Gasteiger partial charge in [0.25, 0.3) is 0 Å². The lowest BCUT2D eigenvalue weighted by molar-refractivity contribution is 0.445. The van der Waals surface area contributed by atoms with E-state index >= 15 is 0 Å². The highest BCUT2D eigenvalue weighted by atomic mass is 127. The van der Waals surface area contributed by atoms with E-state index in [0.29, 0.717) is 21.8 Å². The maximum atomic E-state index is 4.80. The highest BCUT2D eigenvalue weighted by Gasteiger charge is 2.51. The third-order valence-electron chi connectivity index (χ3n) is 7.84. The van der Waals surface area contributed by atoms with Crippen molar-refractivity contribution in [3.63, 3.8) is 0 Å². The summed E-state index contributed by atoms with van der Waals surface area (Å²) in [5.74, 6) is 3.57. The fraction of sp³-hybridized carbons (Fsp3) is 0.690. The molecule has 0 bridgehead atoms. The van der Waals surface area contributed by atoms with Gasteiger partial charge in [-0.2, -0.15) is 0 Å². The molecule has 0 amide bonds. The van der Waals surface area contributed by atoms with E-state index in [1.54, 1.807) is 5.57 Å². The number of alkyl halides is 1. The van der Waals surface area contributed by atoms with E-state index in [0.717, 1.165) is 24.2 Å². The zero-order valence-electron chi connectivity index (χ0n) is 21.1. The minimum Gasteiger partial charge on any atom is -0.293 e. The summed E-state index contributed by atoms with van der Waals surface area (Å²) in [5.41, 5.74) is 4.44. The molecule has 8 atom stereocenters. The number of nitrogens with zero attached hydrogens (tertiary/aromatic N) is 1. The fourth-order valence-corrected chi connectivity index (χ4v) is 5.92. The van der Waals surface area contributed by atoms with Gasteiger partial charge in [-0.05, 0) is 75.8 Å². The van der Waals surface area contributed by atoms with Gasteiger partial charge in [0.2, 0.25) is 0 Å². The second-order valence-electron chi connectivity index (χ2n) is 10.6. The molecule has 0 N–H and O–H groups in total. The predicted molar refractivity (Wildman–Crippen MR) is 148 cm³/mol. The van der Waals surface area contributed by atoms with Crippen molar-refractivity contribution in [2.24, 2.45) is 40.0 Å². The minimum absolute atomic E-state index is 0.130. The SMILES string of the molecule is C=CC1C(=C)C1(C)/C=C(\C)C(C)/C=C(/C)CC(C)C1CC1CCC(N=CCC)[C@H](C)I. The van der Waals surface area contributed by atoms with Crippen LogP contribution >= 0.6 is 22.6 Å². The third kappa shape index (κ3) is 7.17. The molecule has 2 saturated carbocycles. The minimum atomic E-state index is 0.130. The van der Waals surface area contributed by atoms with Gasteiger partial charge in [0.15, 0.2) is 0 Å². The van der Waals surface area contributed by atoms with Crippen LogP contribution in [0.4, 0.5) is 0 Å². The zero-order chi connectivity index (χ0) is 23.3. The summed E-state index contributed by atoms with van der Waals surface area (Å²) < 4.78 is 0.620. The summed E-state index contributed by atoms with van der Waals surface area (Å²) in [4.78, 5) is 4.80. The van der Waals surface area contributed by atoms with Gasteiger partial charge in [-0.3, -0.25) is 4.99 Å². The number of halogens is 1. The van der Waals surface area contributed by atoms with Crippen molar-refractivity contribution >= 4 is 28.8 Å². The van der Waals surface area contributed by atoms with Gasteiger partial charge in [-0.25, -0.2) is 0 Å². The molecule has 2 rings (SSSR count). The highest BCUT2D eigenvalue weighted by molar-refractivity contribution is 14.1. The molecule has 2 aliphatic carbocycles. The Hall–Kier alpha value is -0.640. The molecule has 2 aliphatic rings. The Bertz CT molecular complexity index is 727. The van der Waals surface area contributed by atoms with Crippen molar-refractivity contribution in [1.82, 2.24) is 0 Å². The molecule has 0 saturated heterocycles. The first-order valence-electron chi connectivity index (χ1n) is 12.4. The molecule has 0 aromatic carbocycles. The molecule has 31 heavy (non-hydrogen) atoms. The lowest BCUT2D eigenvalue weighted by atomic mass is 9.90. The van der Waals surface area contributed by atoms with Crippen molar-refractivity contribution in [3.8, 4) is 0 Å². The van der Waals surface area contributed by atoms with Crippen LogP contribution in [0, 0.1) is 35.0 Å². The molecule has 7 unspecified atom stereocenters. The Morgan fingerprint density at radius 1 is 1.29 bits per heavy atom. The zero-order valence-corrected chi connectivity index (χ0v) is 23.3. The van der Waals surface area contributed by atoms with Crippen LogP contribution in [0.15, 0.2) is 53.1 Å². The van der Waals surface area contributed by atoms with Crippen LogP contribution in [0.1, 0.15) is 80.6 Å². The van der Waals surface area contributed by atoms with Crippen molar-refractivity contribution in [2.45, 2.75) is 90.5 Å². The Morgan fingerprint density at radius 2 is 1.97 bits per heavy atom. The van der Waals surface area contributed by atoms with Gasteiger partial charge < -0.3 is 0 Å². The van der Waals surface area contributed by atoms with Crippen LogP contribution in [0.2, 0.25) is 0 Å². The molecule has 174 valence electrons. The third-order valence-corrected chi connectivity index (χ3v) is 8.67. The number of allylic oxidation sites excluding steroid dienone is 6.